The van der Waals surface area contributed by atoms with E-state index in [9.17, 15) is 4.79 Å². The number of imidazole rings is 1. The van der Waals surface area contributed by atoms with E-state index in [1.165, 1.54) is 23.1 Å². The highest BCUT2D eigenvalue weighted by molar-refractivity contribution is 8.01. The number of nitrogen functional groups attached to an aromatic ring is 1. The third kappa shape index (κ3) is 3.62. The monoisotopic (exact) mass is 374 g/mol. The van der Waals surface area contributed by atoms with Crippen molar-refractivity contribution in [3.05, 3.63) is 30.1 Å². The smallest absolute Gasteiger partial charge is 0.233 e. The third-order valence-electron chi connectivity index (χ3n) is 4.31. The van der Waals surface area contributed by atoms with E-state index in [1.807, 2.05) is 29.2 Å². The molecule has 3 heterocycles. The molecule has 1 amide bonds. The maximum Gasteiger partial charge on any atom is 0.233 e. The minimum Gasteiger partial charge on any atom is -0.374 e. The summed E-state index contributed by atoms with van der Waals surface area (Å²) in [5, 5.41) is 8.14. The molecule has 1 fully saturated rings. The number of likely N-dealkylation sites (tertiary alicyclic amines) is 1. The molecule has 1 saturated heterocycles. The Morgan fingerprint density at radius 2 is 2.28 bits per heavy atom. The van der Waals surface area contributed by atoms with Crippen LogP contribution in [0.5, 0.6) is 0 Å². The minimum absolute atomic E-state index is 0.125. The highest BCUT2D eigenvalue weighted by Gasteiger charge is 2.26. The molecule has 2 aromatic heterocycles. The first-order valence-electron chi connectivity index (χ1n) is 8.13. The third-order valence-corrected chi connectivity index (χ3v) is 6.18. The average molecular weight is 374 g/mol. The van der Waals surface area contributed by atoms with Crippen molar-refractivity contribution in [1.82, 2.24) is 25.1 Å². The van der Waals surface area contributed by atoms with E-state index >= 15 is 0 Å². The fourth-order valence-electron chi connectivity index (χ4n) is 3.09. The summed E-state index contributed by atoms with van der Waals surface area (Å²) in [6, 6.07) is 8.02. The van der Waals surface area contributed by atoms with Gasteiger partial charge in [0.15, 0.2) is 4.34 Å². The highest BCUT2D eigenvalue weighted by Crippen LogP contribution is 2.28. The molecule has 3 N–H and O–H groups in total. The van der Waals surface area contributed by atoms with E-state index in [4.69, 9.17) is 10.7 Å². The van der Waals surface area contributed by atoms with Gasteiger partial charge in [-0.3, -0.25) is 4.79 Å². The summed E-state index contributed by atoms with van der Waals surface area (Å²) >= 11 is 2.70. The van der Waals surface area contributed by atoms with Crippen molar-refractivity contribution in [3.8, 4) is 0 Å². The molecule has 25 heavy (non-hydrogen) atoms. The van der Waals surface area contributed by atoms with Gasteiger partial charge in [-0.25, -0.2) is 4.98 Å². The molecular formula is C16H18N6OS2. The van der Waals surface area contributed by atoms with Crippen LogP contribution in [0.2, 0.25) is 0 Å². The normalized spacial score (nSPS) is 17.9. The first kappa shape index (κ1) is 16.3. The first-order chi connectivity index (χ1) is 12.2. The maximum absolute atomic E-state index is 12.5. The summed E-state index contributed by atoms with van der Waals surface area (Å²) in [6.07, 6.45) is 2.04. The molecule has 130 valence electrons. The van der Waals surface area contributed by atoms with Crippen molar-refractivity contribution >= 4 is 45.2 Å². The molecule has 0 radical (unpaired) electrons. The minimum atomic E-state index is 0.125. The fraction of sp³-hybridized carbons (Fsp3) is 0.375. The van der Waals surface area contributed by atoms with Gasteiger partial charge in [0.05, 0.1) is 16.8 Å². The molecule has 1 aliphatic rings. The van der Waals surface area contributed by atoms with Gasteiger partial charge >= 0.3 is 0 Å². The van der Waals surface area contributed by atoms with Gasteiger partial charge in [0.1, 0.15) is 5.82 Å². The van der Waals surface area contributed by atoms with E-state index in [0.29, 0.717) is 17.4 Å². The van der Waals surface area contributed by atoms with Gasteiger partial charge in [0, 0.05) is 19.0 Å². The molecule has 1 aromatic carbocycles. The second-order valence-electron chi connectivity index (χ2n) is 6.01. The van der Waals surface area contributed by atoms with Crippen molar-refractivity contribution < 1.29 is 4.79 Å². The summed E-state index contributed by atoms with van der Waals surface area (Å²) < 4.78 is 0.733. The predicted molar refractivity (Wildman–Crippen MR) is 99.7 cm³/mol. The lowest BCUT2D eigenvalue weighted by Crippen LogP contribution is -2.40. The Balaban J connectivity index is 1.40. The number of H-pyrrole nitrogens is 1. The van der Waals surface area contributed by atoms with Gasteiger partial charge in [0.2, 0.25) is 11.0 Å². The van der Waals surface area contributed by atoms with Crippen LogP contribution < -0.4 is 5.73 Å². The summed E-state index contributed by atoms with van der Waals surface area (Å²) in [5.41, 5.74) is 7.59. The molecule has 0 saturated carbocycles. The van der Waals surface area contributed by atoms with Gasteiger partial charge in [-0.15, -0.1) is 10.2 Å². The Morgan fingerprint density at radius 3 is 3.08 bits per heavy atom. The number of nitrogens with one attached hydrogen (secondary N) is 1. The van der Waals surface area contributed by atoms with E-state index in [2.05, 4.69) is 15.2 Å². The highest BCUT2D eigenvalue weighted by atomic mass is 32.2. The molecule has 1 aliphatic heterocycles. The summed E-state index contributed by atoms with van der Waals surface area (Å²) in [5.74, 6) is 1.72. The number of aromatic nitrogens is 4. The molecule has 3 aromatic rings. The Morgan fingerprint density at radius 1 is 1.40 bits per heavy atom. The van der Waals surface area contributed by atoms with E-state index in [-0.39, 0.29) is 11.8 Å². The number of carbonyl (C=O) groups is 1. The SMILES string of the molecule is Nc1nnc(SCC(=O)N2CCC[C@H](c3nc4ccccc4[nH]3)C2)s1. The quantitative estimate of drug-likeness (QED) is 0.681. The molecule has 0 spiro atoms. The van der Waals surface area contributed by atoms with Crippen LogP contribution in [0.4, 0.5) is 5.13 Å². The van der Waals surface area contributed by atoms with Gasteiger partial charge in [-0.05, 0) is 25.0 Å². The molecular weight excluding hydrogens is 356 g/mol. The van der Waals surface area contributed by atoms with Crippen LogP contribution in [0, 0.1) is 0 Å². The fourth-order valence-corrected chi connectivity index (χ4v) is 4.63. The van der Waals surface area contributed by atoms with Crippen molar-refractivity contribution in [2.75, 3.05) is 24.6 Å². The molecule has 9 heteroatoms. The number of thioether (sulfide) groups is 1. The number of hydrogen-bond donors (Lipinski definition) is 2. The van der Waals surface area contributed by atoms with Crippen LogP contribution in [0.3, 0.4) is 0 Å². The van der Waals surface area contributed by atoms with Crippen LogP contribution in [0.25, 0.3) is 11.0 Å². The van der Waals surface area contributed by atoms with Gasteiger partial charge < -0.3 is 15.6 Å². The number of hydrogen-bond acceptors (Lipinski definition) is 7. The zero-order valence-electron chi connectivity index (χ0n) is 13.5. The molecule has 0 aliphatic carbocycles. The van der Waals surface area contributed by atoms with Crippen molar-refractivity contribution in [3.63, 3.8) is 0 Å². The number of rotatable bonds is 4. The molecule has 4 rings (SSSR count). The van der Waals surface area contributed by atoms with Gasteiger partial charge in [0.25, 0.3) is 0 Å². The van der Waals surface area contributed by atoms with Crippen LogP contribution in [-0.2, 0) is 4.79 Å². The molecule has 0 unspecified atom stereocenters. The van der Waals surface area contributed by atoms with Gasteiger partial charge in [-0.2, -0.15) is 0 Å². The van der Waals surface area contributed by atoms with Crippen LogP contribution >= 0.6 is 23.1 Å². The topological polar surface area (TPSA) is 101 Å². The lowest BCUT2D eigenvalue weighted by atomic mass is 9.97. The summed E-state index contributed by atoms with van der Waals surface area (Å²) in [6.45, 7) is 1.51. The lowest BCUT2D eigenvalue weighted by molar-refractivity contribution is -0.129. The average Bonchev–Trinajstić information content (AvgIpc) is 3.25. The van der Waals surface area contributed by atoms with Crippen LogP contribution in [0.1, 0.15) is 24.6 Å². The number of benzene rings is 1. The Bertz CT molecular complexity index is 859. The van der Waals surface area contributed by atoms with Gasteiger partial charge in [-0.1, -0.05) is 35.2 Å². The van der Waals surface area contributed by atoms with Crippen LogP contribution in [0.15, 0.2) is 28.6 Å². The maximum atomic E-state index is 12.5. The number of nitrogens with zero attached hydrogens (tertiary/aromatic N) is 4. The zero-order valence-corrected chi connectivity index (χ0v) is 15.1. The summed E-state index contributed by atoms with van der Waals surface area (Å²) in [4.78, 5) is 22.6. The number of para-hydroxylation sites is 2. The Kier molecular flexibility index (Phi) is 4.58. The van der Waals surface area contributed by atoms with Crippen molar-refractivity contribution in [2.24, 2.45) is 0 Å². The van der Waals surface area contributed by atoms with Crippen molar-refractivity contribution in [1.29, 1.82) is 0 Å². The number of fused-ring (bicyclic) bond motifs is 1. The standard InChI is InChI=1S/C16H18N6OS2/c17-15-20-21-16(25-15)24-9-13(23)22-7-3-4-10(8-22)14-18-11-5-1-2-6-12(11)19-14/h1-2,5-6,10H,3-4,7-9H2,(H2,17,20)(H,18,19)/t10-/m0/s1. The van der Waals surface area contributed by atoms with E-state index < -0.39 is 0 Å². The molecule has 1 atom stereocenters. The number of piperidine rings is 1. The number of nitrogens with two attached hydrogens (primary N) is 1. The molecule has 7 nitrogen and oxygen atoms in total. The lowest BCUT2D eigenvalue weighted by Gasteiger charge is -2.31. The summed E-state index contributed by atoms with van der Waals surface area (Å²) in [7, 11) is 0. The first-order valence-corrected chi connectivity index (χ1v) is 9.93. The second-order valence-corrected chi connectivity index (χ2v) is 8.24. The molecule has 0 bridgehead atoms. The van der Waals surface area contributed by atoms with E-state index in [1.54, 1.807) is 0 Å². The second kappa shape index (κ2) is 7.01. The Labute approximate surface area is 153 Å². The number of carbonyl (C=O) groups excluding carboxylic acids is 1. The van der Waals surface area contributed by atoms with E-state index in [0.717, 1.165) is 40.6 Å². The van der Waals surface area contributed by atoms with Crippen molar-refractivity contribution in [2.45, 2.75) is 23.1 Å². The Hall–Kier alpha value is -2.13. The zero-order chi connectivity index (χ0) is 17.2. The number of amides is 1. The largest absolute Gasteiger partial charge is 0.374 e. The van der Waals surface area contributed by atoms with Crippen LogP contribution in [-0.4, -0.2) is 49.8 Å². The predicted octanol–water partition coefficient (Wildman–Crippen LogP) is 2.49. The number of anilines is 1. The number of aromatic amines is 1.